The minimum Gasteiger partial charge on any atom is -0.497 e. The number of rotatable bonds is 7. The Balaban J connectivity index is 1.33. The minimum atomic E-state index is -2.62. The van der Waals surface area contributed by atoms with Crippen molar-refractivity contribution in [3.05, 3.63) is 29.8 Å². The summed E-state index contributed by atoms with van der Waals surface area (Å²) >= 11 is 5.82. The van der Waals surface area contributed by atoms with Gasteiger partial charge in [0, 0.05) is 37.6 Å². The van der Waals surface area contributed by atoms with Gasteiger partial charge in [-0.15, -0.1) is 0 Å². The Morgan fingerprint density at radius 2 is 1.75 bits per heavy atom. The van der Waals surface area contributed by atoms with Gasteiger partial charge in [-0.2, -0.15) is 0 Å². The van der Waals surface area contributed by atoms with Crippen molar-refractivity contribution in [3.63, 3.8) is 0 Å². The molecule has 0 aliphatic carbocycles. The largest absolute Gasteiger partial charge is 0.501 e. The van der Waals surface area contributed by atoms with E-state index in [4.69, 9.17) is 38.9 Å². The van der Waals surface area contributed by atoms with Gasteiger partial charge in [-0.05, 0) is 35.9 Å². The molecule has 11 heteroatoms. The molecule has 4 saturated heterocycles. The van der Waals surface area contributed by atoms with E-state index in [1.807, 2.05) is 24.3 Å². The average Bonchev–Trinajstić information content (AvgIpc) is 2.74. The van der Waals surface area contributed by atoms with Crippen LogP contribution in [0.2, 0.25) is 6.04 Å². The molecule has 2 bridgehead atoms. The van der Waals surface area contributed by atoms with Crippen LogP contribution in [0.5, 0.6) is 5.75 Å². The van der Waals surface area contributed by atoms with E-state index in [1.165, 1.54) is 0 Å². The van der Waals surface area contributed by atoms with Crippen LogP contribution in [0.25, 0.3) is 0 Å². The van der Waals surface area contributed by atoms with Gasteiger partial charge in [-0.25, -0.2) is 5.09 Å². The lowest BCUT2D eigenvalue weighted by molar-refractivity contribution is -0.0154. The van der Waals surface area contributed by atoms with Crippen molar-refractivity contribution in [3.8, 4) is 5.75 Å². The van der Waals surface area contributed by atoms with Crippen molar-refractivity contribution in [2.24, 2.45) is 5.41 Å². The maximum Gasteiger partial charge on any atom is 0.501 e. The first kappa shape index (κ1) is 24.7. The molecule has 0 aromatic heterocycles. The van der Waals surface area contributed by atoms with Crippen LogP contribution in [0.15, 0.2) is 24.3 Å². The Hall–Kier alpha value is -0.393. The Morgan fingerprint density at radius 1 is 1.12 bits per heavy atom. The molecule has 2 atom stereocenters. The lowest BCUT2D eigenvalue weighted by atomic mass is 9.83. The fourth-order valence-electron chi connectivity index (χ4n) is 4.20. The first-order chi connectivity index (χ1) is 15.3. The summed E-state index contributed by atoms with van der Waals surface area (Å²) in [6, 6.07) is 8.75. The smallest absolute Gasteiger partial charge is 0.497 e. The van der Waals surface area contributed by atoms with E-state index in [2.05, 4.69) is 23.8 Å². The van der Waals surface area contributed by atoms with Gasteiger partial charge < -0.3 is 27.1 Å². The van der Waals surface area contributed by atoms with Gasteiger partial charge in [0.25, 0.3) is 6.64 Å². The van der Waals surface area contributed by atoms with E-state index in [9.17, 15) is 0 Å². The third-order valence-electron chi connectivity index (χ3n) is 6.13. The first-order valence-corrected chi connectivity index (χ1v) is 15.9. The standard InChI is InChI=1S/C21H35N2O6PSSi/c1-21(2)17-25-30(31,29-20(21)18-5-7-19(24-3)8-6-18)22-9-4-16-32-26-13-10-23(11-14-27-32)12-15-28-32/h5-8,20H,4,9-17H2,1-3H3,(H,22,31). The molecule has 0 amide bonds. The van der Waals surface area contributed by atoms with Crippen molar-refractivity contribution in [2.75, 3.05) is 59.7 Å². The third kappa shape index (κ3) is 5.99. The second kappa shape index (κ2) is 10.5. The minimum absolute atomic E-state index is 0.150. The predicted molar refractivity (Wildman–Crippen MR) is 128 cm³/mol. The zero-order chi connectivity index (χ0) is 22.7. The summed E-state index contributed by atoms with van der Waals surface area (Å²) in [5.74, 6) is 0.822. The van der Waals surface area contributed by atoms with Crippen molar-refractivity contribution < 1.29 is 27.1 Å². The second-order valence-electron chi connectivity index (χ2n) is 9.10. The fourth-order valence-corrected chi connectivity index (χ4v) is 9.24. The second-order valence-corrected chi connectivity index (χ2v) is 15.1. The van der Waals surface area contributed by atoms with Crippen LogP contribution < -0.4 is 9.82 Å². The molecule has 4 heterocycles. The van der Waals surface area contributed by atoms with Crippen molar-refractivity contribution in [1.82, 2.24) is 9.99 Å². The zero-order valence-corrected chi connectivity index (χ0v) is 21.9. The van der Waals surface area contributed by atoms with Gasteiger partial charge in [-0.1, -0.05) is 26.0 Å². The molecule has 32 heavy (non-hydrogen) atoms. The van der Waals surface area contributed by atoms with Gasteiger partial charge in [0.1, 0.15) is 5.75 Å². The highest BCUT2D eigenvalue weighted by atomic mass is 32.5. The summed E-state index contributed by atoms with van der Waals surface area (Å²) < 4.78 is 36.1. The number of benzene rings is 1. The Bertz CT molecular complexity index is 787. The number of nitrogens with one attached hydrogen (secondary N) is 1. The van der Waals surface area contributed by atoms with E-state index in [-0.39, 0.29) is 11.5 Å². The van der Waals surface area contributed by atoms with Crippen molar-refractivity contribution in [2.45, 2.75) is 32.4 Å². The van der Waals surface area contributed by atoms with E-state index in [1.54, 1.807) is 7.11 Å². The van der Waals surface area contributed by atoms with Crippen molar-refractivity contribution >= 4 is 27.3 Å². The van der Waals surface area contributed by atoms with Crippen LogP contribution in [0.3, 0.4) is 0 Å². The number of ether oxygens (including phenoxy) is 1. The summed E-state index contributed by atoms with van der Waals surface area (Å²) in [7, 11) is -0.953. The summed E-state index contributed by atoms with van der Waals surface area (Å²) in [6.07, 6.45) is 0.681. The Labute approximate surface area is 197 Å². The molecule has 4 aliphatic rings. The lowest BCUT2D eigenvalue weighted by Gasteiger charge is -2.43. The molecule has 4 fully saturated rings. The Morgan fingerprint density at radius 3 is 2.34 bits per heavy atom. The zero-order valence-electron chi connectivity index (χ0n) is 19.2. The molecule has 180 valence electrons. The van der Waals surface area contributed by atoms with Gasteiger partial charge in [0.05, 0.1) is 39.6 Å². The van der Waals surface area contributed by atoms with Crippen LogP contribution in [-0.4, -0.2) is 73.4 Å². The van der Waals surface area contributed by atoms with E-state index in [0.717, 1.165) is 43.4 Å². The van der Waals surface area contributed by atoms with Gasteiger partial charge >= 0.3 is 8.80 Å². The molecule has 4 aliphatic heterocycles. The van der Waals surface area contributed by atoms with E-state index < -0.39 is 15.4 Å². The number of hydrogen-bond donors (Lipinski definition) is 1. The predicted octanol–water partition coefficient (Wildman–Crippen LogP) is 3.33. The highest BCUT2D eigenvalue weighted by Gasteiger charge is 2.45. The molecule has 1 N–H and O–H groups in total. The fraction of sp³-hybridized carbons (Fsp3) is 0.714. The van der Waals surface area contributed by atoms with Gasteiger partial charge in [0.2, 0.25) is 0 Å². The molecule has 0 spiro atoms. The first-order valence-electron chi connectivity index (χ1n) is 11.3. The quantitative estimate of drug-likeness (QED) is 0.343. The van der Waals surface area contributed by atoms with Crippen LogP contribution in [-0.2, 0) is 34.1 Å². The molecule has 5 rings (SSSR count). The summed E-state index contributed by atoms with van der Waals surface area (Å²) in [4.78, 5) is 2.32. The highest BCUT2D eigenvalue weighted by Crippen LogP contribution is 2.58. The van der Waals surface area contributed by atoms with Crippen LogP contribution in [0, 0.1) is 5.41 Å². The molecular weight excluding hydrogens is 467 g/mol. The average molecular weight is 503 g/mol. The maximum absolute atomic E-state index is 6.42. The maximum atomic E-state index is 6.42. The van der Waals surface area contributed by atoms with E-state index in [0.29, 0.717) is 33.0 Å². The van der Waals surface area contributed by atoms with Crippen molar-refractivity contribution in [1.29, 1.82) is 0 Å². The summed E-state index contributed by atoms with van der Waals surface area (Å²) in [5.41, 5.74) is 0.890. The SMILES string of the molecule is COc1ccc(C2OP(=S)(NCCC[Si]34OCCN(CCO3)CCO4)OCC2(C)C)cc1. The topological polar surface area (TPSA) is 70.7 Å². The number of fused-ring (bicyclic) bond motifs is 6. The molecule has 8 nitrogen and oxygen atoms in total. The van der Waals surface area contributed by atoms with Crippen LogP contribution in [0.1, 0.15) is 31.9 Å². The molecule has 0 radical (unpaired) electrons. The van der Waals surface area contributed by atoms with Crippen LogP contribution in [0.4, 0.5) is 0 Å². The van der Waals surface area contributed by atoms with Gasteiger partial charge in [0.15, 0.2) is 0 Å². The molecule has 1 aromatic carbocycles. The normalized spacial score (nSPS) is 35.0. The van der Waals surface area contributed by atoms with E-state index >= 15 is 0 Å². The molecule has 2 unspecified atom stereocenters. The molecule has 1 aromatic rings. The molecular formula is C21H35N2O6PSSi. The summed E-state index contributed by atoms with van der Waals surface area (Å²) in [6.45, 7) is 7.74. The summed E-state index contributed by atoms with van der Waals surface area (Å²) in [5, 5.41) is 3.40. The Kier molecular flexibility index (Phi) is 8.09. The van der Waals surface area contributed by atoms with Gasteiger partial charge in [-0.3, -0.25) is 4.90 Å². The number of hydrogen-bond acceptors (Lipinski definition) is 8. The number of nitrogens with zero attached hydrogens (tertiary/aromatic N) is 1. The highest BCUT2D eigenvalue weighted by molar-refractivity contribution is 8.09. The third-order valence-corrected chi connectivity index (χ3v) is 11.6. The monoisotopic (exact) mass is 502 g/mol. The number of methoxy groups -OCH3 is 1. The molecule has 0 saturated carbocycles. The van der Waals surface area contributed by atoms with Crippen LogP contribution >= 0.6 is 6.64 Å². The lowest BCUT2D eigenvalue weighted by Crippen LogP contribution is -2.55.